The van der Waals surface area contributed by atoms with Crippen molar-refractivity contribution in [3.8, 4) is 56.2 Å². The van der Waals surface area contributed by atoms with E-state index in [0.29, 0.717) is 5.82 Å². The number of pyridine rings is 1. The third-order valence-corrected chi connectivity index (χ3v) is 10.4. The summed E-state index contributed by atoms with van der Waals surface area (Å²) in [6, 6.07) is 58.3. The van der Waals surface area contributed by atoms with E-state index in [9.17, 15) is 0 Å². The fraction of sp³-hybridized carbons (Fsp3) is 0. The molecule has 54 heavy (non-hydrogen) atoms. The van der Waals surface area contributed by atoms with E-state index < -0.39 is 0 Å². The molecule has 4 aromatic heterocycles. The minimum absolute atomic E-state index is 0.638. The van der Waals surface area contributed by atoms with Gasteiger partial charge >= 0.3 is 0 Å². The number of nitrogens with zero attached hydrogens (tertiary/aromatic N) is 3. The molecule has 11 rings (SSSR count). The monoisotopic (exact) mass is 691 g/mol. The van der Waals surface area contributed by atoms with E-state index >= 15 is 0 Å². The van der Waals surface area contributed by atoms with Crippen molar-refractivity contribution in [2.24, 2.45) is 0 Å². The van der Waals surface area contributed by atoms with Crippen LogP contribution in [0.3, 0.4) is 0 Å². The van der Waals surface area contributed by atoms with Gasteiger partial charge < -0.3 is 8.83 Å². The zero-order valence-electron chi connectivity index (χ0n) is 28.9. The predicted octanol–water partition coefficient (Wildman–Crippen LogP) is 13.2. The lowest BCUT2D eigenvalue weighted by Crippen LogP contribution is -1.96. The molecule has 0 aliphatic rings. The number of para-hydroxylation sites is 3. The average Bonchev–Trinajstić information content (AvgIpc) is 3.82. The lowest BCUT2D eigenvalue weighted by atomic mass is 9.95. The molecule has 7 aromatic carbocycles. The number of furan rings is 2. The summed E-state index contributed by atoms with van der Waals surface area (Å²) in [5.74, 6) is 0.638. The third-order valence-electron chi connectivity index (χ3n) is 10.4. The van der Waals surface area contributed by atoms with E-state index in [1.165, 1.54) is 0 Å². The molecule has 0 atom stereocenters. The fourth-order valence-corrected chi connectivity index (χ4v) is 7.77. The summed E-state index contributed by atoms with van der Waals surface area (Å²) in [5, 5.41) is 5.40. The Morgan fingerprint density at radius 3 is 1.94 bits per heavy atom. The second-order valence-corrected chi connectivity index (χ2v) is 13.6. The Bertz CT molecular complexity index is 3210. The molecule has 11 aromatic rings. The quantitative estimate of drug-likeness (QED) is 0.180. The number of aromatic nitrogens is 3. The predicted molar refractivity (Wildman–Crippen MR) is 219 cm³/mol. The van der Waals surface area contributed by atoms with Crippen LogP contribution in [0.1, 0.15) is 0 Å². The molecule has 5 heteroatoms. The van der Waals surface area contributed by atoms with Gasteiger partial charge in [0.15, 0.2) is 5.82 Å². The summed E-state index contributed by atoms with van der Waals surface area (Å²) >= 11 is 0. The second-order valence-electron chi connectivity index (χ2n) is 13.6. The van der Waals surface area contributed by atoms with Gasteiger partial charge in [-0.05, 0) is 59.2 Å². The van der Waals surface area contributed by atoms with E-state index in [2.05, 4.69) is 126 Å². The van der Waals surface area contributed by atoms with Gasteiger partial charge in [-0.15, -0.1) is 0 Å². The van der Waals surface area contributed by atoms with Crippen molar-refractivity contribution in [3.63, 3.8) is 0 Å². The first-order valence-electron chi connectivity index (χ1n) is 18.0. The van der Waals surface area contributed by atoms with E-state index in [1.807, 2.05) is 54.7 Å². The van der Waals surface area contributed by atoms with Gasteiger partial charge in [0.2, 0.25) is 0 Å². The smallest absolute Gasteiger partial charge is 0.160 e. The zero-order valence-corrected chi connectivity index (χ0v) is 28.9. The van der Waals surface area contributed by atoms with Crippen LogP contribution in [0, 0.1) is 0 Å². The Balaban J connectivity index is 1.09. The maximum absolute atomic E-state index is 6.75. The molecule has 0 radical (unpaired) electrons. The van der Waals surface area contributed by atoms with Gasteiger partial charge in [0.1, 0.15) is 22.3 Å². The van der Waals surface area contributed by atoms with Gasteiger partial charge in [-0.3, -0.25) is 4.98 Å². The minimum Gasteiger partial charge on any atom is -0.456 e. The van der Waals surface area contributed by atoms with Crippen molar-refractivity contribution in [1.82, 2.24) is 15.0 Å². The van der Waals surface area contributed by atoms with Crippen LogP contribution in [0.25, 0.3) is 111 Å². The Kier molecular flexibility index (Phi) is 6.79. The normalized spacial score (nSPS) is 11.7. The molecule has 0 saturated carbocycles. The summed E-state index contributed by atoms with van der Waals surface area (Å²) in [7, 11) is 0. The van der Waals surface area contributed by atoms with Gasteiger partial charge in [-0.25, -0.2) is 9.97 Å². The Labute approximate surface area is 309 Å². The molecular weight excluding hydrogens is 663 g/mol. The molecule has 0 fully saturated rings. The van der Waals surface area contributed by atoms with Crippen LogP contribution < -0.4 is 0 Å². The molecule has 0 saturated heterocycles. The van der Waals surface area contributed by atoms with Crippen molar-refractivity contribution in [3.05, 3.63) is 176 Å². The van der Waals surface area contributed by atoms with Gasteiger partial charge in [-0.1, -0.05) is 127 Å². The Hall–Kier alpha value is -7.37. The first kappa shape index (κ1) is 30.3. The Morgan fingerprint density at radius 2 is 1.07 bits per heavy atom. The van der Waals surface area contributed by atoms with E-state index in [-0.39, 0.29) is 0 Å². The molecule has 252 valence electrons. The highest BCUT2D eigenvalue weighted by atomic mass is 16.3. The summed E-state index contributed by atoms with van der Waals surface area (Å²) < 4.78 is 12.9. The van der Waals surface area contributed by atoms with Crippen LogP contribution in [0.4, 0.5) is 0 Å². The molecule has 5 nitrogen and oxygen atoms in total. The maximum atomic E-state index is 6.75. The number of fused-ring (bicyclic) bond motifs is 7. The zero-order chi connectivity index (χ0) is 35.6. The summed E-state index contributed by atoms with van der Waals surface area (Å²) in [6.45, 7) is 0. The van der Waals surface area contributed by atoms with Crippen LogP contribution in [0.2, 0.25) is 0 Å². The Morgan fingerprint density at radius 1 is 0.389 bits per heavy atom. The lowest BCUT2D eigenvalue weighted by molar-refractivity contribution is 0.669. The van der Waals surface area contributed by atoms with E-state index in [0.717, 1.165) is 105 Å². The van der Waals surface area contributed by atoms with E-state index in [4.69, 9.17) is 18.8 Å². The summed E-state index contributed by atoms with van der Waals surface area (Å²) in [5.41, 5.74) is 13.2. The van der Waals surface area contributed by atoms with Crippen LogP contribution in [-0.2, 0) is 0 Å². The first-order valence-corrected chi connectivity index (χ1v) is 18.0. The maximum Gasteiger partial charge on any atom is 0.160 e. The highest BCUT2D eigenvalue weighted by Gasteiger charge is 2.20. The van der Waals surface area contributed by atoms with Gasteiger partial charge in [0.05, 0.1) is 16.9 Å². The van der Waals surface area contributed by atoms with Crippen molar-refractivity contribution in [2.45, 2.75) is 0 Å². The molecule has 0 aliphatic carbocycles. The lowest BCUT2D eigenvalue weighted by Gasteiger charge is -2.12. The number of rotatable bonds is 5. The van der Waals surface area contributed by atoms with Crippen molar-refractivity contribution >= 4 is 54.8 Å². The van der Waals surface area contributed by atoms with Crippen LogP contribution >= 0.6 is 0 Å². The number of benzene rings is 7. The molecule has 0 spiro atoms. The second kappa shape index (κ2) is 12.1. The van der Waals surface area contributed by atoms with Gasteiger partial charge in [0.25, 0.3) is 0 Å². The van der Waals surface area contributed by atoms with Crippen LogP contribution in [0.15, 0.2) is 185 Å². The highest BCUT2D eigenvalue weighted by molar-refractivity contribution is 6.17. The van der Waals surface area contributed by atoms with Crippen molar-refractivity contribution in [2.75, 3.05) is 0 Å². The molecular formula is C49H29N3O2. The molecule has 0 bridgehead atoms. The first-order chi connectivity index (χ1) is 26.7. The van der Waals surface area contributed by atoms with Gasteiger partial charge in [0, 0.05) is 55.4 Å². The highest BCUT2D eigenvalue weighted by Crippen LogP contribution is 2.43. The number of hydrogen-bond donors (Lipinski definition) is 0. The molecule has 4 heterocycles. The number of hydrogen-bond acceptors (Lipinski definition) is 5. The summed E-state index contributed by atoms with van der Waals surface area (Å²) in [4.78, 5) is 15.1. The molecule has 0 aliphatic heterocycles. The molecule has 0 amide bonds. The van der Waals surface area contributed by atoms with Gasteiger partial charge in [-0.2, -0.15) is 0 Å². The van der Waals surface area contributed by atoms with Crippen LogP contribution in [-0.4, -0.2) is 15.0 Å². The average molecular weight is 692 g/mol. The van der Waals surface area contributed by atoms with E-state index in [1.54, 1.807) is 0 Å². The minimum atomic E-state index is 0.638. The third kappa shape index (κ3) is 4.90. The fourth-order valence-electron chi connectivity index (χ4n) is 7.77. The SMILES string of the molecule is c1ccc(-c2cc(-c3ccc(-c4ccc5oc6ccccc6c5c4)c4c3oc3ccccc34)nc(-c3ccc(-c4cccc5cccnc45)cc3)n2)cc1. The van der Waals surface area contributed by atoms with Crippen molar-refractivity contribution in [1.29, 1.82) is 0 Å². The van der Waals surface area contributed by atoms with Crippen LogP contribution in [0.5, 0.6) is 0 Å². The molecule has 0 unspecified atom stereocenters. The topological polar surface area (TPSA) is 65.0 Å². The summed E-state index contributed by atoms with van der Waals surface area (Å²) in [6.07, 6.45) is 1.84. The molecule has 0 N–H and O–H groups in total. The largest absolute Gasteiger partial charge is 0.456 e. The van der Waals surface area contributed by atoms with Crippen molar-refractivity contribution < 1.29 is 8.83 Å². The standard InChI is InChI=1S/C49H29N3O2/c1-2-10-31(11-3-1)41-29-42(52-49(51-41)33-21-19-30(20-22-33)36-16-8-12-32-13-9-27-50-47(32)36)38-25-24-35(46-39-15-5-7-18-44(39)54-48(38)46)34-23-26-45-40(28-34)37-14-4-6-17-43(37)53-45/h1-29H.